The number of halogens is 1. The molecule has 1 fully saturated rings. The number of rotatable bonds is 13. The number of allylic oxidation sites excluding steroid dienone is 1. The number of pyridine rings is 1. The molecule has 230 valence electrons. The zero-order valence-electron chi connectivity index (χ0n) is 25.8. The summed E-state index contributed by atoms with van der Waals surface area (Å²) in [6.45, 7) is 10.3. The van der Waals surface area contributed by atoms with E-state index in [1.807, 2.05) is 58.2 Å². The predicted octanol–water partition coefficient (Wildman–Crippen LogP) is 4.74. The molecule has 9 nitrogen and oxygen atoms in total. The molecule has 0 radical (unpaired) electrons. The monoisotopic (exact) mass is 607 g/mol. The Bertz CT molecular complexity index is 1610. The molecule has 1 aliphatic rings. The lowest BCUT2D eigenvalue weighted by Crippen LogP contribution is -2.48. The molecule has 3 aromatic rings. The van der Waals surface area contributed by atoms with Gasteiger partial charge in [0, 0.05) is 70.7 Å². The van der Waals surface area contributed by atoms with Crippen LogP contribution in [0, 0.1) is 6.92 Å². The molecule has 11 heteroatoms. The number of aromatic nitrogens is 1. The normalized spacial score (nSPS) is 16.1. The number of para-hydroxylation sites is 1. The molecule has 1 aliphatic heterocycles. The number of aliphatic imine (C=N–C) groups is 2. The Kier molecular flexibility index (Phi) is 10.9. The Balaban J connectivity index is 1.66. The SMILES string of the molecule is CC=N/C=C(\C=NC)NCCN(CC)c1cc2c([C@@H](C)Nc3ccccc3S(=O)N3CC(F)C3)cc(C)cc2c(=O)n1C. The topological polar surface area (TPSA) is 94.3 Å². The first-order valence-electron chi connectivity index (χ1n) is 14.6. The minimum Gasteiger partial charge on any atom is -0.381 e. The van der Waals surface area contributed by atoms with Gasteiger partial charge in [0.15, 0.2) is 0 Å². The van der Waals surface area contributed by atoms with Gasteiger partial charge < -0.3 is 15.5 Å². The third-order valence-electron chi connectivity index (χ3n) is 7.51. The van der Waals surface area contributed by atoms with Gasteiger partial charge in [-0.15, -0.1) is 0 Å². The number of aryl methyl sites for hydroxylation is 1. The van der Waals surface area contributed by atoms with Crippen molar-refractivity contribution in [2.75, 3.05) is 50.0 Å². The van der Waals surface area contributed by atoms with Gasteiger partial charge in [-0.25, -0.2) is 12.9 Å². The van der Waals surface area contributed by atoms with Crippen molar-refractivity contribution in [2.45, 2.75) is 44.8 Å². The molecular weight excluding hydrogens is 565 g/mol. The molecule has 2 heterocycles. The van der Waals surface area contributed by atoms with Crippen LogP contribution in [0.25, 0.3) is 10.8 Å². The highest BCUT2D eigenvalue weighted by atomic mass is 32.2. The van der Waals surface area contributed by atoms with E-state index in [0.717, 1.165) is 33.7 Å². The fraction of sp³-hybridized carbons (Fsp3) is 0.406. The van der Waals surface area contributed by atoms with Crippen molar-refractivity contribution in [3.63, 3.8) is 0 Å². The van der Waals surface area contributed by atoms with Gasteiger partial charge in [-0.05, 0) is 68.5 Å². The Morgan fingerprint density at radius 2 is 1.98 bits per heavy atom. The number of hydrogen-bond acceptors (Lipinski definition) is 7. The number of nitrogens with one attached hydrogen (secondary N) is 2. The molecule has 1 unspecified atom stereocenters. The van der Waals surface area contributed by atoms with Crippen LogP contribution < -0.4 is 21.1 Å². The van der Waals surface area contributed by atoms with Crippen LogP contribution in [0.2, 0.25) is 0 Å². The van der Waals surface area contributed by atoms with E-state index >= 15 is 0 Å². The second kappa shape index (κ2) is 14.6. The summed E-state index contributed by atoms with van der Waals surface area (Å²) in [5.74, 6) is 0.820. The third kappa shape index (κ3) is 7.40. The van der Waals surface area contributed by atoms with Crippen molar-refractivity contribution >= 4 is 45.7 Å². The number of anilines is 2. The van der Waals surface area contributed by atoms with Crippen LogP contribution in [-0.2, 0) is 18.0 Å². The van der Waals surface area contributed by atoms with Gasteiger partial charge in [-0.1, -0.05) is 18.2 Å². The van der Waals surface area contributed by atoms with E-state index in [-0.39, 0.29) is 24.7 Å². The highest BCUT2D eigenvalue weighted by Gasteiger charge is 2.32. The number of likely N-dealkylation sites (N-methyl/N-ethyl adjacent to an activating group) is 1. The maximum absolute atomic E-state index is 13.7. The molecule has 2 aromatic carbocycles. The van der Waals surface area contributed by atoms with E-state index in [2.05, 4.69) is 44.6 Å². The summed E-state index contributed by atoms with van der Waals surface area (Å²) in [6.07, 6.45) is 4.24. The Morgan fingerprint density at radius 3 is 2.65 bits per heavy atom. The van der Waals surface area contributed by atoms with Crippen molar-refractivity contribution in [1.82, 2.24) is 14.2 Å². The van der Waals surface area contributed by atoms with Gasteiger partial charge in [0.1, 0.15) is 23.0 Å². The van der Waals surface area contributed by atoms with E-state index < -0.39 is 17.2 Å². The summed E-state index contributed by atoms with van der Waals surface area (Å²) < 4.78 is 30.0. The first-order valence-corrected chi connectivity index (χ1v) is 15.7. The smallest absolute Gasteiger partial charge is 0.259 e. The largest absolute Gasteiger partial charge is 0.381 e. The fourth-order valence-electron chi connectivity index (χ4n) is 5.24. The average molecular weight is 608 g/mol. The lowest BCUT2D eigenvalue weighted by molar-refractivity contribution is 0.147. The second-order valence-electron chi connectivity index (χ2n) is 10.6. The number of nitrogens with zero attached hydrogens (tertiary/aromatic N) is 5. The lowest BCUT2D eigenvalue weighted by Gasteiger charge is -2.33. The standard InChI is InChI=1S/C32H42FN7O2S/c1-7-35-19-25(18-34-5)36-13-14-39(8-2)31-17-27-26(15-22(3)16-28(27)32(41)38(31)6)23(4)37-29-11-9-10-12-30(29)43(42)40-20-24(33)21-40/h7,9-12,15-19,23-24,36-37H,8,13-14,20-21H2,1-6H3/b25-19+,34-18?,35-7?/t23-,43?/m1/s1. The van der Waals surface area contributed by atoms with Crippen LogP contribution in [0.1, 0.15) is 37.9 Å². The van der Waals surface area contributed by atoms with Crippen molar-refractivity contribution < 1.29 is 8.60 Å². The number of benzene rings is 2. The van der Waals surface area contributed by atoms with Crippen LogP contribution in [0.4, 0.5) is 15.9 Å². The average Bonchev–Trinajstić information content (AvgIpc) is 2.98. The number of fused-ring (bicyclic) bond motifs is 1. The van der Waals surface area contributed by atoms with Gasteiger partial charge in [-0.2, -0.15) is 0 Å². The van der Waals surface area contributed by atoms with E-state index in [4.69, 9.17) is 0 Å². The molecule has 0 saturated carbocycles. The molecule has 0 spiro atoms. The summed E-state index contributed by atoms with van der Waals surface area (Å²) in [6, 6.07) is 13.3. The highest BCUT2D eigenvalue weighted by Crippen LogP contribution is 2.32. The predicted molar refractivity (Wildman–Crippen MR) is 178 cm³/mol. The molecule has 2 N–H and O–H groups in total. The Morgan fingerprint density at radius 1 is 1.23 bits per heavy atom. The quantitative estimate of drug-likeness (QED) is 0.274. The van der Waals surface area contributed by atoms with E-state index in [1.165, 1.54) is 0 Å². The molecule has 43 heavy (non-hydrogen) atoms. The van der Waals surface area contributed by atoms with E-state index in [0.29, 0.717) is 29.9 Å². The van der Waals surface area contributed by atoms with E-state index in [1.54, 1.807) is 34.5 Å². The zero-order chi connectivity index (χ0) is 31.1. The van der Waals surface area contributed by atoms with Gasteiger partial charge >= 0.3 is 0 Å². The molecule has 0 amide bonds. The maximum Gasteiger partial charge on any atom is 0.259 e. The van der Waals surface area contributed by atoms with Crippen molar-refractivity contribution in [1.29, 1.82) is 0 Å². The first kappa shape index (κ1) is 32.1. The van der Waals surface area contributed by atoms with Crippen molar-refractivity contribution in [2.24, 2.45) is 17.0 Å². The molecule has 0 aliphatic carbocycles. The number of alkyl halides is 1. The Hall–Kier alpha value is -3.83. The molecule has 0 bridgehead atoms. The molecule has 2 atom stereocenters. The number of hydrogen-bond donors (Lipinski definition) is 2. The molecule has 1 aromatic heterocycles. The highest BCUT2D eigenvalue weighted by molar-refractivity contribution is 7.83. The Labute approximate surface area is 255 Å². The summed E-state index contributed by atoms with van der Waals surface area (Å²) >= 11 is 0. The van der Waals surface area contributed by atoms with Crippen LogP contribution >= 0.6 is 0 Å². The van der Waals surface area contributed by atoms with Crippen molar-refractivity contribution in [3.05, 3.63) is 75.8 Å². The third-order valence-corrected chi connectivity index (χ3v) is 9.01. The summed E-state index contributed by atoms with van der Waals surface area (Å²) in [5.41, 5.74) is 3.42. The first-order chi connectivity index (χ1) is 20.7. The summed E-state index contributed by atoms with van der Waals surface area (Å²) in [7, 11) is 2.07. The minimum absolute atomic E-state index is 0.0629. The van der Waals surface area contributed by atoms with Gasteiger partial charge in [0.2, 0.25) is 0 Å². The zero-order valence-corrected chi connectivity index (χ0v) is 26.6. The second-order valence-corrected chi connectivity index (χ2v) is 12.1. The molecule has 4 rings (SSSR count). The summed E-state index contributed by atoms with van der Waals surface area (Å²) in [4.78, 5) is 24.8. The van der Waals surface area contributed by atoms with Crippen molar-refractivity contribution in [3.8, 4) is 0 Å². The molecular formula is C32H42FN7O2S. The van der Waals surface area contributed by atoms with Gasteiger partial charge in [0.05, 0.1) is 22.5 Å². The van der Waals surface area contributed by atoms with Crippen LogP contribution in [0.5, 0.6) is 0 Å². The fourth-order valence-corrected chi connectivity index (χ4v) is 6.62. The van der Waals surface area contributed by atoms with Gasteiger partial charge in [-0.3, -0.25) is 19.3 Å². The lowest BCUT2D eigenvalue weighted by atomic mass is 9.97. The molecule has 1 saturated heterocycles. The minimum atomic E-state index is -1.46. The van der Waals surface area contributed by atoms with Crippen LogP contribution in [0.15, 0.2) is 74.0 Å². The summed E-state index contributed by atoms with van der Waals surface area (Å²) in [5, 5.41) is 8.42. The van der Waals surface area contributed by atoms with Crippen LogP contribution in [-0.4, -0.2) is 71.5 Å². The van der Waals surface area contributed by atoms with E-state index in [9.17, 15) is 13.4 Å². The van der Waals surface area contributed by atoms with Gasteiger partial charge in [0.25, 0.3) is 5.56 Å². The maximum atomic E-state index is 13.7. The van der Waals surface area contributed by atoms with Crippen LogP contribution in [0.3, 0.4) is 0 Å².